The topological polar surface area (TPSA) is 69.2 Å². The van der Waals surface area contributed by atoms with Crippen molar-refractivity contribution in [3.8, 4) is 17.5 Å². The number of nitriles is 1. The average Bonchev–Trinajstić information content (AvgIpc) is 3.17. The normalized spacial score (nSPS) is 14.8. The lowest BCUT2D eigenvalue weighted by Gasteiger charge is -2.35. The highest BCUT2D eigenvalue weighted by molar-refractivity contribution is 9.10. The van der Waals surface area contributed by atoms with Crippen LogP contribution in [0.4, 0.5) is 10.1 Å². The summed E-state index contributed by atoms with van der Waals surface area (Å²) >= 11 is 3.44. The molecular formula is C20H17BrFN5O. The molecule has 142 valence electrons. The zero-order valence-electron chi connectivity index (χ0n) is 15.0. The molecule has 2 heterocycles. The van der Waals surface area contributed by atoms with Crippen molar-refractivity contribution in [2.75, 3.05) is 31.1 Å². The first-order valence-corrected chi connectivity index (χ1v) is 9.67. The number of anilines is 1. The van der Waals surface area contributed by atoms with Crippen LogP contribution >= 0.6 is 15.9 Å². The van der Waals surface area contributed by atoms with Gasteiger partial charge in [0.25, 0.3) is 0 Å². The van der Waals surface area contributed by atoms with E-state index in [-0.39, 0.29) is 5.56 Å². The molecule has 8 heteroatoms. The van der Waals surface area contributed by atoms with Crippen LogP contribution in [0, 0.1) is 17.1 Å². The number of nitrogens with zero attached hydrogens (tertiary/aromatic N) is 5. The lowest BCUT2D eigenvalue weighted by atomic mass is 10.1. The summed E-state index contributed by atoms with van der Waals surface area (Å²) in [6, 6.07) is 14.4. The van der Waals surface area contributed by atoms with Crippen molar-refractivity contribution in [2.45, 2.75) is 6.54 Å². The van der Waals surface area contributed by atoms with Crippen LogP contribution in [-0.4, -0.2) is 41.3 Å². The maximum atomic E-state index is 13.8. The zero-order valence-corrected chi connectivity index (χ0v) is 16.6. The second kappa shape index (κ2) is 8.09. The highest BCUT2D eigenvalue weighted by Gasteiger charge is 2.22. The molecule has 0 radical (unpaired) electrons. The van der Waals surface area contributed by atoms with Gasteiger partial charge in [-0.2, -0.15) is 5.26 Å². The third-order valence-corrected chi connectivity index (χ3v) is 5.21. The Balaban J connectivity index is 1.39. The second-order valence-electron chi connectivity index (χ2n) is 6.52. The first-order chi connectivity index (χ1) is 13.6. The number of benzene rings is 2. The van der Waals surface area contributed by atoms with Crippen molar-refractivity contribution in [1.82, 2.24) is 15.1 Å². The van der Waals surface area contributed by atoms with Gasteiger partial charge in [0, 0.05) is 36.2 Å². The van der Waals surface area contributed by atoms with Crippen LogP contribution in [0.15, 0.2) is 51.4 Å². The quantitative estimate of drug-likeness (QED) is 0.612. The van der Waals surface area contributed by atoms with Crippen LogP contribution in [0.2, 0.25) is 0 Å². The number of hydrogen-bond acceptors (Lipinski definition) is 6. The first kappa shape index (κ1) is 18.6. The second-order valence-corrected chi connectivity index (χ2v) is 7.44. The fourth-order valence-corrected chi connectivity index (χ4v) is 3.68. The molecule has 2 aromatic carbocycles. The van der Waals surface area contributed by atoms with E-state index in [4.69, 9.17) is 4.42 Å². The van der Waals surface area contributed by atoms with Crippen LogP contribution in [0.3, 0.4) is 0 Å². The molecule has 0 amide bonds. The molecule has 0 spiro atoms. The molecular weight excluding hydrogens is 425 g/mol. The van der Waals surface area contributed by atoms with E-state index in [1.165, 1.54) is 6.07 Å². The minimum atomic E-state index is -0.478. The molecule has 1 aromatic heterocycles. The summed E-state index contributed by atoms with van der Waals surface area (Å²) in [5.74, 6) is 0.577. The van der Waals surface area contributed by atoms with Crippen LogP contribution in [0.5, 0.6) is 0 Å². The SMILES string of the molecule is N#Cc1c(F)cccc1N1CCN(Cc2nnc(-c3cccc(Br)c3)o2)CC1. The Hall–Kier alpha value is -2.76. The number of halogens is 2. The van der Waals surface area contributed by atoms with Gasteiger partial charge in [-0.25, -0.2) is 4.39 Å². The molecule has 0 saturated carbocycles. The number of piperazine rings is 1. The van der Waals surface area contributed by atoms with E-state index < -0.39 is 5.82 Å². The predicted molar refractivity (Wildman–Crippen MR) is 106 cm³/mol. The molecule has 1 fully saturated rings. The van der Waals surface area contributed by atoms with Gasteiger partial charge in [0.1, 0.15) is 17.4 Å². The smallest absolute Gasteiger partial charge is 0.247 e. The largest absolute Gasteiger partial charge is 0.419 e. The molecule has 6 nitrogen and oxygen atoms in total. The summed E-state index contributed by atoms with van der Waals surface area (Å²) in [5.41, 5.74) is 1.62. The van der Waals surface area contributed by atoms with Crippen molar-refractivity contribution >= 4 is 21.6 Å². The molecule has 1 aliphatic rings. The molecule has 1 aliphatic heterocycles. The van der Waals surface area contributed by atoms with Crippen molar-refractivity contribution in [1.29, 1.82) is 5.26 Å². The Bertz CT molecular complexity index is 1020. The van der Waals surface area contributed by atoms with E-state index in [9.17, 15) is 9.65 Å². The standard InChI is InChI=1S/C20H17BrFN5O/c21-15-4-1-3-14(11-15)20-25-24-19(28-20)13-26-7-9-27(10-8-26)18-6-2-5-17(22)16(18)12-23/h1-6,11H,7-10,13H2. The van der Waals surface area contributed by atoms with E-state index in [2.05, 4.69) is 31.0 Å². The van der Waals surface area contributed by atoms with Gasteiger partial charge in [0.15, 0.2) is 0 Å². The van der Waals surface area contributed by atoms with Gasteiger partial charge in [-0.15, -0.1) is 10.2 Å². The van der Waals surface area contributed by atoms with Crippen molar-refractivity contribution in [2.24, 2.45) is 0 Å². The van der Waals surface area contributed by atoms with Gasteiger partial charge in [-0.05, 0) is 30.3 Å². The van der Waals surface area contributed by atoms with Crippen LogP contribution < -0.4 is 4.90 Å². The summed E-state index contributed by atoms with van der Waals surface area (Å²) in [6.07, 6.45) is 0. The summed E-state index contributed by atoms with van der Waals surface area (Å²) < 4.78 is 20.6. The third kappa shape index (κ3) is 3.91. The summed E-state index contributed by atoms with van der Waals surface area (Å²) in [4.78, 5) is 4.25. The molecule has 1 saturated heterocycles. The highest BCUT2D eigenvalue weighted by atomic mass is 79.9. The first-order valence-electron chi connectivity index (χ1n) is 8.88. The van der Waals surface area contributed by atoms with E-state index >= 15 is 0 Å². The molecule has 28 heavy (non-hydrogen) atoms. The summed E-state index contributed by atoms with van der Waals surface area (Å²) in [7, 11) is 0. The van der Waals surface area contributed by atoms with Gasteiger partial charge in [0.2, 0.25) is 11.8 Å². The maximum absolute atomic E-state index is 13.8. The lowest BCUT2D eigenvalue weighted by molar-refractivity contribution is 0.227. The van der Waals surface area contributed by atoms with Crippen LogP contribution in [-0.2, 0) is 6.54 Å². The third-order valence-electron chi connectivity index (χ3n) is 4.71. The summed E-state index contributed by atoms with van der Waals surface area (Å²) in [5, 5.41) is 17.5. The number of rotatable bonds is 4. The molecule has 3 aromatic rings. The fraction of sp³-hybridized carbons (Fsp3) is 0.250. The van der Waals surface area contributed by atoms with Gasteiger partial charge >= 0.3 is 0 Å². The van der Waals surface area contributed by atoms with Gasteiger partial charge in [0.05, 0.1) is 12.2 Å². The molecule has 4 rings (SSSR count). The Labute approximate surface area is 170 Å². The lowest BCUT2D eigenvalue weighted by Crippen LogP contribution is -2.46. The minimum Gasteiger partial charge on any atom is -0.419 e. The molecule has 0 bridgehead atoms. The van der Waals surface area contributed by atoms with Gasteiger partial charge in [-0.3, -0.25) is 4.90 Å². The van der Waals surface area contributed by atoms with E-state index in [0.29, 0.717) is 37.1 Å². The summed E-state index contributed by atoms with van der Waals surface area (Å²) in [6.45, 7) is 3.48. The Morgan fingerprint density at radius 2 is 1.89 bits per heavy atom. The van der Waals surface area contributed by atoms with Gasteiger partial charge in [-0.1, -0.05) is 28.1 Å². The van der Waals surface area contributed by atoms with Crippen molar-refractivity contribution in [3.05, 3.63) is 64.2 Å². The van der Waals surface area contributed by atoms with E-state index in [1.54, 1.807) is 12.1 Å². The molecule has 0 unspecified atom stereocenters. The highest BCUT2D eigenvalue weighted by Crippen LogP contribution is 2.25. The molecule has 0 atom stereocenters. The Morgan fingerprint density at radius 1 is 1.11 bits per heavy atom. The predicted octanol–water partition coefficient (Wildman–Crippen LogP) is 3.83. The van der Waals surface area contributed by atoms with Crippen LogP contribution in [0.25, 0.3) is 11.5 Å². The zero-order chi connectivity index (χ0) is 19.5. The Kier molecular flexibility index (Phi) is 5.37. The molecule has 0 N–H and O–H groups in total. The van der Waals surface area contributed by atoms with Crippen LogP contribution in [0.1, 0.15) is 11.5 Å². The maximum Gasteiger partial charge on any atom is 0.247 e. The average molecular weight is 442 g/mol. The van der Waals surface area contributed by atoms with Gasteiger partial charge < -0.3 is 9.32 Å². The van der Waals surface area contributed by atoms with E-state index in [0.717, 1.165) is 23.1 Å². The number of aromatic nitrogens is 2. The monoisotopic (exact) mass is 441 g/mol. The number of hydrogen-bond donors (Lipinski definition) is 0. The van der Waals surface area contributed by atoms with Crippen molar-refractivity contribution in [3.63, 3.8) is 0 Å². The van der Waals surface area contributed by atoms with Crippen molar-refractivity contribution < 1.29 is 8.81 Å². The molecule has 0 aliphatic carbocycles. The minimum absolute atomic E-state index is 0.103. The Morgan fingerprint density at radius 3 is 2.64 bits per heavy atom. The van der Waals surface area contributed by atoms with E-state index in [1.807, 2.05) is 35.2 Å². The fourth-order valence-electron chi connectivity index (χ4n) is 3.28.